The van der Waals surface area contributed by atoms with E-state index in [1.54, 1.807) is 6.07 Å². The number of benzene rings is 1. The van der Waals surface area contributed by atoms with Crippen molar-refractivity contribution in [1.82, 2.24) is 15.5 Å². The van der Waals surface area contributed by atoms with Gasteiger partial charge in [0.2, 0.25) is 17.8 Å². The monoisotopic (exact) mass is 432 g/mol. The Labute approximate surface area is 182 Å². The SMILES string of the molecule is CC(CCCC(=O)NC1CCCCC1)Oc1ccc(Cl)c2c1CN1CC(=O)NC1=N2. The van der Waals surface area contributed by atoms with Gasteiger partial charge in [0.05, 0.1) is 23.4 Å². The van der Waals surface area contributed by atoms with Gasteiger partial charge in [-0.1, -0.05) is 30.9 Å². The van der Waals surface area contributed by atoms with E-state index in [0.29, 0.717) is 35.7 Å². The molecule has 1 aromatic carbocycles. The third-order valence-corrected chi connectivity index (χ3v) is 6.26. The zero-order chi connectivity index (χ0) is 21.1. The molecule has 1 aromatic rings. The van der Waals surface area contributed by atoms with Crippen LogP contribution in [0.2, 0.25) is 5.02 Å². The summed E-state index contributed by atoms with van der Waals surface area (Å²) in [5, 5.41) is 6.46. The number of hydrogen-bond acceptors (Lipinski definition) is 5. The zero-order valence-corrected chi connectivity index (χ0v) is 18.1. The fourth-order valence-corrected chi connectivity index (χ4v) is 4.58. The van der Waals surface area contributed by atoms with E-state index in [9.17, 15) is 9.59 Å². The minimum absolute atomic E-state index is 0.0403. The van der Waals surface area contributed by atoms with Crippen LogP contribution in [0.25, 0.3) is 0 Å². The molecular formula is C22H29ClN4O3. The molecule has 0 aromatic heterocycles. The van der Waals surface area contributed by atoms with Crippen LogP contribution >= 0.6 is 11.6 Å². The lowest BCUT2D eigenvalue weighted by Gasteiger charge is -2.26. The normalized spacial score (nSPS) is 19.5. The van der Waals surface area contributed by atoms with Crippen LogP contribution in [0, 0.1) is 0 Å². The molecule has 1 unspecified atom stereocenters. The van der Waals surface area contributed by atoms with Gasteiger partial charge in [-0.05, 0) is 44.7 Å². The largest absolute Gasteiger partial charge is 0.490 e. The summed E-state index contributed by atoms with van der Waals surface area (Å²) in [5.41, 5.74) is 1.55. The van der Waals surface area contributed by atoms with Crippen LogP contribution in [-0.2, 0) is 16.1 Å². The van der Waals surface area contributed by atoms with Gasteiger partial charge in [0.1, 0.15) is 12.3 Å². The minimum Gasteiger partial charge on any atom is -0.490 e. The fourth-order valence-electron chi connectivity index (χ4n) is 4.36. The maximum atomic E-state index is 12.2. The topological polar surface area (TPSA) is 83.0 Å². The van der Waals surface area contributed by atoms with Gasteiger partial charge < -0.3 is 15.0 Å². The number of nitrogens with one attached hydrogen (secondary N) is 2. The summed E-state index contributed by atoms with van der Waals surface area (Å²) in [6, 6.07) is 3.99. The molecule has 3 aliphatic rings. The van der Waals surface area contributed by atoms with Crippen molar-refractivity contribution in [1.29, 1.82) is 0 Å². The average Bonchev–Trinajstić information content (AvgIpc) is 3.09. The Morgan fingerprint density at radius 2 is 2.13 bits per heavy atom. The van der Waals surface area contributed by atoms with E-state index >= 15 is 0 Å². The van der Waals surface area contributed by atoms with E-state index in [4.69, 9.17) is 16.3 Å². The number of ether oxygens (including phenoxy) is 1. The highest BCUT2D eigenvalue weighted by atomic mass is 35.5. The van der Waals surface area contributed by atoms with Gasteiger partial charge in [0.25, 0.3) is 0 Å². The Morgan fingerprint density at radius 1 is 1.33 bits per heavy atom. The van der Waals surface area contributed by atoms with E-state index < -0.39 is 0 Å². The number of carbonyl (C=O) groups excluding carboxylic acids is 2. The van der Waals surface area contributed by atoms with Gasteiger partial charge in [-0.25, -0.2) is 4.99 Å². The van der Waals surface area contributed by atoms with E-state index in [0.717, 1.165) is 37.0 Å². The van der Waals surface area contributed by atoms with Gasteiger partial charge in [-0.3, -0.25) is 14.9 Å². The van der Waals surface area contributed by atoms with Crippen molar-refractivity contribution in [2.75, 3.05) is 6.54 Å². The van der Waals surface area contributed by atoms with Gasteiger partial charge in [-0.15, -0.1) is 0 Å². The quantitative estimate of drug-likeness (QED) is 0.688. The van der Waals surface area contributed by atoms with Crippen LogP contribution in [-0.4, -0.2) is 41.4 Å². The number of nitrogens with zero attached hydrogens (tertiary/aromatic N) is 2. The molecule has 2 amide bonds. The fraction of sp³-hybridized carbons (Fsp3) is 0.591. The zero-order valence-electron chi connectivity index (χ0n) is 17.4. The lowest BCUT2D eigenvalue weighted by atomic mass is 9.95. The second-order valence-electron chi connectivity index (χ2n) is 8.44. The molecule has 8 heteroatoms. The second kappa shape index (κ2) is 9.25. The van der Waals surface area contributed by atoms with Gasteiger partial charge in [0.15, 0.2) is 0 Å². The molecule has 1 saturated carbocycles. The first-order valence-electron chi connectivity index (χ1n) is 10.9. The van der Waals surface area contributed by atoms with Crippen molar-refractivity contribution in [2.24, 2.45) is 4.99 Å². The summed E-state index contributed by atoms with van der Waals surface area (Å²) in [5.74, 6) is 1.35. The predicted molar refractivity (Wildman–Crippen MR) is 116 cm³/mol. The smallest absolute Gasteiger partial charge is 0.246 e. The Kier molecular flexibility index (Phi) is 6.46. The first kappa shape index (κ1) is 21.0. The van der Waals surface area contributed by atoms with E-state index in [-0.39, 0.29) is 24.5 Å². The second-order valence-corrected chi connectivity index (χ2v) is 8.84. The molecule has 4 rings (SSSR count). The number of rotatable bonds is 7. The number of hydrogen-bond donors (Lipinski definition) is 2. The highest BCUT2D eigenvalue weighted by molar-refractivity contribution is 6.33. The van der Waals surface area contributed by atoms with Crippen molar-refractivity contribution >= 4 is 35.1 Å². The molecule has 2 heterocycles. The highest BCUT2D eigenvalue weighted by Crippen LogP contribution is 2.40. The van der Waals surface area contributed by atoms with Crippen LogP contribution < -0.4 is 15.4 Å². The van der Waals surface area contributed by atoms with E-state index in [1.807, 2.05) is 17.9 Å². The molecule has 1 saturated heterocycles. The van der Waals surface area contributed by atoms with Gasteiger partial charge in [0, 0.05) is 18.0 Å². The summed E-state index contributed by atoms with van der Waals surface area (Å²) < 4.78 is 6.18. The van der Waals surface area contributed by atoms with Gasteiger partial charge >= 0.3 is 0 Å². The maximum Gasteiger partial charge on any atom is 0.246 e. The van der Waals surface area contributed by atoms with Crippen molar-refractivity contribution in [2.45, 2.75) is 77.0 Å². The van der Waals surface area contributed by atoms with Crippen molar-refractivity contribution in [3.05, 3.63) is 22.7 Å². The number of aliphatic imine (C=N–C) groups is 1. The lowest BCUT2D eigenvalue weighted by Crippen LogP contribution is -2.36. The summed E-state index contributed by atoms with van der Waals surface area (Å²) in [7, 11) is 0. The molecule has 7 nitrogen and oxygen atoms in total. The Morgan fingerprint density at radius 3 is 2.93 bits per heavy atom. The molecule has 162 valence electrons. The Balaban J connectivity index is 1.30. The van der Waals surface area contributed by atoms with Crippen molar-refractivity contribution in [3.63, 3.8) is 0 Å². The molecule has 0 bridgehead atoms. The average molecular weight is 433 g/mol. The van der Waals surface area contributed by atoms with E-state index in [2.05, 4.69) is 15.6 Å². The number of amides is 2. The van der Waals surface area contributed by atoms with Crippen LogP contribution in [0.4, 0.5) is 5.69 Å². The van der Waals surface area contributed by atoms with E-state index in [1.165, 1.54) is 19.3 Å². The molecule has 2 N–H and O–H groups in total. The number of halogens is 1. The highest BCUT2D eigenvalue weighted by Gasteiger charge is 2.31. The molecule has 2 aliphatic heterocycles. The molecule has 30 heavy (non-hydrogen) atoms. The molecule has 0 spiro atoms. The number of carbonyl (C=O) groups is 2. The van der Waals surface area contributed by atoms with Gasteiger partial charge in [-0.2, -0.15) is 0 Å². The molecule has 1 aliphatic carbocycles. The van der Waals surface area contributed by atoms with Crippen LogP contribution in [0.1, 0.15) is 63.9 Å². The lowest BCUT2D eigenvalue weighted by molar-refractivity contribution is -0.122. The third kappa shape index (κ3) is 4.89. The standard InChI is InChI=1S/C22H29ClN4O3/c1-14(6-5-9-19(28)24-15-7-3-2-4-8-15)30-18-11-10-17(23)21-16(18)12-27-13-20(29)25-22(27)26-21/h10-11,14-15H,2-9,12-13H2,1H3,(H,24,28)(H,25,26,29). The minimum atomic E-state index is -0.0694. The van der Waals surface area contributed by atoms with Crippen LogP contribution in [0.15, 0.2) is 17.1 Å². The Bertz CT molecular complexity index is 851. The summed E-state index contributed by atoms with van der Waals surface area (Å²) in [6.07, 6.45) is 7.98. The van der Waals surface area contributed by atoms with Crippen LogP contribution in [0.5, 0.6) is 5.75 Å². The maximum absolute atomic E-state index is 12.2. The summed E-state index contributed by atoms with van der Waals surface area (Å²) >= 11 is 6.34. The number of fused-ring (bicyclic) bond motifs is 2. The molecule has 2 fully saturated rings. The molecule has 0 radical (unpaired) electrons. The van der Waals surface area contributed by atoms with Crippen molar-refractivity contribution in [3.8, 4) is 5.75 Å². The number of guanidine groups is 1. The molecular weight excluding hydrogens is 404 g/mol. The molecule has 1 atom stereocenters. The third-order valence-electron chi connectivity index (χ3n) is 5.96. The van der Waals surface area contributed by atoms with Crippen molar-refractivity contribution < 1.29 is 14.3 Å². The van der Waals surface area contributed by atoms with Crippen LogP contribution in [0.3, 0.4) is 0 Å². The first-order chi connectivity index (χ1) is 14.5. The summed E-state index contributed by atoms with van der Waals surface area (Å²) in [4.78, 5) is 30.3. The summed E-state index contributed by atoms with van der Waals surface area (Å²) in [6.45, 7) is 2.83. The Hall–Kier alpha value is -2.28. The predicted octanol–water partition coefficient (Wildman–Crippen LogP) is 3.66. The first-order valence-corrected chi connectivity index (χ1v) is 11.3.